The standard InChI is InChI=1S/C14H12Cl2FN3O/c1-2-18-11-7-6-9(16)13(20-11)14(21)19-10-5-3-4-8(15)12(10)17/h3-7H,2H2,1H3,(H,18,20)(H,19,21). The van der Waals surface area contributed by atoms with Gasteiger partial charge in [-0.1, -0.05) is 29.3 Å². The zero-order chi connectivity index (χ0) is 15.4. The van der Waals surface area contributed by atoms with Crippen molar-refractivity contribution < 1.29 is 9.18 Å². The Morgan fingerprint density at radius 2 is 2.00 bits per heavy atom. The molecule has 0 aliphatic rings. The van der Waals surface area contributed by atoms with Crippen molar-refractivity contribution in [1.29, 1.82) is 0 Å². The Labute approximate surface area is 131 Å². The van der Waals surface area contributed by atoms with Crippen molar-refractivity contribution in [3.05, 3.63) is 51.9 Å². The second-order valence-electron chi connectivity index (χ2n) is 4.11. The summed E-state index contributed by atoms with van der Waals surface area (Å²) in [5, 5.41) is 5.48. The number of rotatable bonds is 4. The molecule has 0 radical (unpaired) electrons. The molecule has 0 saturated carbocycles. The van der Waals surface area contributed by atoms with Crippen LogP contribution in [0.4, 0.5) is 15.9 Å². The lowest BCUT2D eigenvalue weighted by Gasteiger charge is -2.09. The van der Waals surface area contributed by atoms with E-state index in [-0.39, 0.29) is 21.4 Å². The molecule has 1 amide bonds. The fourth-order valence-corrected chi connectivity index (χ4v) is 2.03. The van der Waals surface area contributed by atoms with Crippen molar-refractivity contribution >= 4 is 40.6 Å². The number of benzene rings is 1. The van der Waals surface area contributed by atoms with Crippen LogP contribution >= 0.6 is 23.2 Å². The van der Waals surface area contributed by atoms with Crippen LogP contribution in [0.3, 0.4) is 0 Å². The maximum Gasteiger partial charge on any atom is 0.275 e. The highest BCUT2D eigenvalue weighted by atomic mass is 35.5. The third kappa shape index (κ3) is 3.62. The van der Waals surface area contributed by atoms with E-state index in [0.29, 0.717) is 12.4 Å². The molecule has 1 aromatic heterocycles. The molecule has 0 bridgehead atoms. The third-order valence-electron chi connectivity index (χ3n) is 2.62. The average molecular weight is 328 g/mol. The number of nitrogens with one attached hydrogen (secondary N) is 2. The molecule has 21 heavy (non-hydrogen) atoms. The molecule has 4 nitrogen and oxygen atoms in total. The van der Waals surface area contributed by atoms with Crippen LogP contribution in [0.1, 0.15) is 17.4 Å². The lowest BCUT2D eigenvalue weighted by Crippen LogP contribution is -2.16. The summed E-state index contributed by atoms with van der Waals surface area (Å²) >= 11 is 11.6. The van der Waals surface area contributed by atoms with E-state index < -0.39 is 11.7 Å². The number of anilines is 2. The van der Waals surface area contributed by atoms with Gasteiger partial charge in [-0.25, -0.2) is 9.37 Å². The van der Waals surface area contributed by atoms with Gasteiger partial charge in [0, 0.05) is 6.54 Å². The van der Waals surface area contributed by atoms with Gasteiger partial charge >= 0.3 is 0 Å². The largest absolute Gasteiger partial charge is 0.370 e. The zero-order valence-electron chi connectivity index (χ0n) is 11.1. The van der Waals surface area contributed by atoms with Crippen LogP contribution in [0.25, 0.3) is 0 Å². The van der Waals surface area contributed by atoms with Gasteiger partial charge in [0.05, 0.1) is 15.7 Å². The third-order valence-corrected chi connectivity index (χ3v) is 3.22. The molecule has 0 unspecified atom stereocenters. The summed E-state index contributed by atoms with van der Waals surface area (Å²) in [6, 6.07) is 7.54. The van der Waals surface area contributed by atoms with Crippen molar-refractivity contribution in [2.45, 2.75) is 6.92 Å². The summed E-state index contributed by atoms with van der Waals surface area (Å²) in [5.41, 5.74) is -0.0197. The maximum absolute atomic E-state index is 13.8. The van der Waals surface area contributed by atoms with Gasteiger partial charge in [-0.05, 0) is 31.2 Å². The van der Waals surface area contributed by atoms with E-state index in [1.165, 1.54) is 18.2 Å². The molecular weight excluding hydrogens is 316 g/mol. The first kappa shape index (κ1) is 15.5. The minimum Gasteiger partial charge on any atom is -0.370 e. The number of halogens is 3. The topological polar surface area (TPSA) is 54.0 Å². The lowest BCUT2D eigenvalue weighted by molar-refractivity contribution is 0.102. The van der Waals surface area contributed by atoms with E-state index in [1.807, 2.05) is 6.92 Å². The number of pyridine rings is 1. The van der Waals surface area contributed by atoms with Crippen LogP contribution in [-0.2, 0) is 0 Å². The fourth-order valence-electron chi connectivity index (χ4n) is 1.66. The molecule has 2 N–H and O–H groups in total. The van der Waals surface area contributed by atoms with Crippen LogP contribution < -0.4 is 10.6 Å². The molecule has 0 spiro atoms. The summed E-state index contributed by atoms with van der Waals surface area (Å²) < 4.78 is 13.8. The molecule has 0 aliphatic carbocycles. The van der Waals surface area contributed by atoms with E-state index in [9.17, 15) is 9.18 Å². The molecule has 110 valence electrons. The van der Waals surface area contributed by atoms with Gasteiger partial charge in [-0.15, -0.1) is 0 Å². The van der Waals surface area contributed by atoms with Gasteiger partial charge in [0.2, 0.25) is 0 Å². The summed E-state index contributed by atoms with van der Waals surface area (Å²) in [5.74, 6) is -0.800. The zero-order valence-corrected chi connectivity index (χ0v) is 12.6. The Morgan fingerprint density at radius 1 is 1.24 bits per heavy atom. The molecule has 0 fully saturated rings. The van der Waals surface area contributed by atoms with E-state index in [4.69, 9.17) is 23.2 Å². The summed E-state index contributed by atoms with van der Waals surface area (Å²) in [6.45, 7) is 2.55. The first-order valence-corrected chi connectivity index (χ1v) is 6.94. The number of amides is 1. The van der Waals surface area contributed by atoms with Crippen molar-refractivity contribution in [2.75, 3.05) is 17.2 Å². The van der Waals surface area contributed by atoms with Crippen molar-refractivity contribution in [3.8, 4) is 0 Å². The fraction of sp³-hybridized carbons (Fsp3) is 0.143. The number of hydrogen-bond acceptors (Lipinski definition) is 3. The van der Waals surface area contributed by atoms with Crippen molar-refractivity contribution in [1.82, 2.24) is 4.98 Å². The second kappa shape index (κ2) is 6.74. The maximum atomic E-state index is 13.8. The van der Waals surface area contributed by atoms with Crippen LogP contribution in [0, 0.1) is 5.82 Å². The monoisotopic (exact) mass is 327 g/mol. The Hall–Kier alpha value is -1.85. The molecule has 2 aromatic rings. The van der Waals surface area contributed by atoms with Gasteiger partial charge in [-0.3, -0.25) is 4.79 Å². The Balaban J connectivity index is 2.28. The number of carbonyl (C=O) groups excluding carboxylic acids is 1. The van der Waals surface area contributed by atoms with E-state index >= 15 is 0 Å². The van der Waals surface area contributed by atoms with E-state index in [0.717, 1.165) is 0 Å². The van der Waals surface area contributed by atoms with E-state index in [2.05, 4.69) is 15.6 Å². The highest BCUT2D eigenvalue weighted by molar-refractivity contribution is 6.34. The van der Waals surface area contributed by atoms with Crippen LogP contribution in [0.2, 0.25) is 10.0 Å². The molecule has 7 heteroatoms. The summed E-state index contributed by atoms with van der Waals surface area (Å²) in [7, 11) is 0. The number of nitrogens with zero attached hydrogens (tertiary/aromatic N) is 1. The molecule has 0 aliphatic heterocycles. The first-order valence-electron chi connectivity index (χ1n) is 6.18. The average Bonchev–Trinajstić information content (AvgIpc) is 2.46. The molecule has 1 aromatic carbocycles. The van der Waals surface area contributed by atoms with Crippen LogP contribution in [0.5, 0.6) is 0 Å². The first-order chi connectivity index (χ1) is 10.0. The number of aromatic nitrogens is 1. The predicted octanol–water partition coefficient (Wildman–Crippen LogP) is 4.21. The van der Waals surface area contributed by atoms with Gasteiger partial charge in [-0.2, -0.15) is 0 Å². The quantitative estimate of drug-likeness (QED) is 0.884. The lowest BCUT2D eigenvalue weighted by atomic mass is 10.2. The summed E-state index contributed by atoms with van der Waals surface area (Å²) in [6.07, 6.45) is 0. The Kier molecular flexibility index (Phi) is 4.98. The molecule has 0 saturated heterocycles. The number of hydrogen-bond donors (Lipinski definition) is 2. The van der Waals surface area contributed by atoms with Crippen molar-refractivity contribution in [3.63, 3.8) is 0 Å². The number of carbonyl (C=O) groups is 1. The van der Waals surface area contributed by atoms with Gasteiger partial charge < -0.3 is 10.6 Å². The normalized spacial score (nSPS) is 10.3. The van der Waals surface area contributed by atoms with Crippen LogP contribution in [-0.4, -0.2) is 17.4 Å². The smallest absolute Gasteiger partial charge is 0.275 e. The van der Waals surface area contributed by atoms with Gasteiger partial charge in [0.1, 0.15) is 11.5 Å². The Bertz CT molecular complexity index is 679. The molecule has 1 heterocycles. The summed E-state index contributed by atoms with van der Waals surface area (Å²) in [4.78, 5) is 16.3. The van der Waals surface area contributed by atoms with Gasteiger partial charge in [0.25, 0.3) is 5.91 Å². The van der Waals surface area contributed by atoms with Crippen LogP contribution in [0.15, 0.2) is 30.3 Å². The molecule has 2 rings (SSSR count). The highest BCUT2D eigenvalue weighted by Gasteiger charge is 2.16. The minimum absolute atomic E-state index is 0.00879. The minimum atomic E-state index is -0.702. The Morgan fingerprint density at radius 3 is 2.71 bits per heavy atom. The highest BCUT2D eigenvalue weighted by Crippen LogP contribution is 2.24. The predicted molar refractivity (Wildman–Crippen MR) is 82.8 cm³/mol. The van der Waals surface area contributed by atoms with Gasteiger partial charge in [0.15, 0.2) is 5.82 Å². The second-order valence-corrected chi connectivity index (χ2v) is 4.93. The van der Waals surface area contributed by atoms with Crippen molar-refractivity contribution in [2.24, 2.45) is 0 Å². The molecule has 0 atom stereocenters. The van der Waals surface area contributed by atoms with E-state index in [1.54, 1.807) is 12.1 Å². The molecular formula is C14H12Cl2FN3O. The SMILES string of the molecule is CCNc1ccc(Cl)c(C(=O)Nc2cccc(Cl)c2F)n1.